The molecule has 0 aromatic heterocycles. The lowest BCUT2D eigenvalue weighted by atomic mass is 9.89. The molecule has 1 saturated heterocycles. The van der Waals surface area contributed by atoms with E-state index in [1.807, 2.05) is 24.3 Å². The largest absolute Gasteiger partial charge is 0.384 e. The molecule has 2 heterocycles. The van der Waals surface area contributed by atoms with Crippen molar-refractivity contribution in [3.63, 3.8) is 0 Å². The van der Waals surface area contributed by atoms with Crippen molar-refractivity contribution in [2.45, 2.75) is 25.7 Å². The van der Waals surface area contributed by atoms with E-state index in [2.05, 4.69) is 10.2 Å². The normalized spacial score (nSPS) is 23.2. The topological polar surface area (TPSA) is 32.3 Å². The number of carbonyl (C=O) groups is 1. The van der Waals surface area contributed by atoms with Gasteiger partial charge in [0.2, 0.25) is 0 Å². The molecular formula is C16H22N2O. The summed E-state index contributed by atoms with van der Waals surface area (Å²) in [5.41, 5.74) is 1.88. The van der Waals surface area contributed by atoms with E-state index in [1.54, 1.807) is 0 Å². The average Bonchev–Trinajstić information content (AvgIpc) is 2.95. The van der Waals surface area contributed by atoms with Gasteiger partial charge < -0.3 is 10.2 Å². The summed E-state index contributed by atoms with van der Waals surface area (Å²) in [5, 5.41) is 3.39. The molecule has 19 heavy (non-hydrogen) atoms. The van der Waals surface area contributed by atoms with Crippen LogP contribution in [0.3, 0.4) is 0 Å². The van der Waals surface area contributed by atoms with Gasteiger partial charge in [0.05, 0.1) is 0 Å². The highest BCUT2D eigenvalue weighted by Gasteiger charge is 2.26. The monoisotopic (exact) mass is 258 g/mol. The zero-order chi connectivity index (χ0) is 13.1. The summed E-state index contributed by atoms with van der Waals surface area (Å²) in [6, 6.07) is 7.86. The van der Waals surface area contributed by atoms with Gasteiger partial charge in [-0.1, -0.05) is 12.1 Å². The number of hydrogen-bond donors (Lipinski definition) is 1. The third-order valence-electron chi connectivity index (χ3n) is 4.33. The fourth-order valence-corrected chi connectivity index (χ4v) is 3.20. The summed E-state index contributed by atoms with van der Waals surface area (Å²) in [6.45, 7) is 4.46. The summed E-state index contributed by atoms with van der Waals surface area (Å²) in [5.74, 6) is 0.494. The van der Waals surface area contributed by atoms with Crippen LogP contribution in [0.25, 0.3) is 0 Å². The smallest absolute Gasteiger partial charge is 0.169 e. The lowest BCUT2D eigenvalue weighted by molar-refractivity contribution is 0.0912. The zero-order valence-electron chi connectivity index (χ0n) is 11.4. The van der Waals surface area contributed by atoms with Crippen molar-refractivity contribution >= 4 is 11.5 Å². The van der Waals surface area contributed by atoms with Gasteiger partial charge in [0, 0.05) is 23.7 Å². The molecule has 0 saturated carbocycles. The predicted molar refractivity (Wildman–Crippen MR) is 77.7 cm³/mol. The number of Topliss-reactive ketones (excluding diaryl/α,β-unsaturated/α-hetero) is 1. The van der Waals surface area contributed by atoms with Gasteiger partial charge in [-0.05, 0) is 57.5 Å². The Labute approximate surface area is 115 Å². The summed E-state index contributed by atoms with van der Waals surface area (Å²) in [6.07, 6.45) is 4.84. The van der Waals surface area contributed by atoms with Crippen LogP contribution >= 0.6 is 0 Å². The summed E-state index contributed by atoms with van der Waals surface area (Å²) in [4.78, 5) is 14.9. The number of rotatable bonds is 4. The van der Waals surface area contributed by atoms with Gasteiger partial charge in [-0.25, -0.2) is 0 Å². The van der Waals surface area contributed by atoms with E-state index in [4.69, 9.17) is 0 Å². The van der Waals surface area contributed by atoms with Crippen LogP contribution in [0.2, 0.25) is 0 Å². The van der Waals surface area contributed by atoms with E-state index < -0.39 is 0 Å². The number of fused-ring (bicyclic) bond motifs is 1. The first-order chi connectivity index (χ1) is 9.34. The Hall–Kier alpha value is -1.35. The molecule has 3 nitrogen and oxygen atoms in total. The lowest BCUT2D eigenvalue weighted by Gasteiger charge is -2.25. The molecule has 3 heteroatoms. The summed E-state index contributed by atoms with van der Waals surface area (Å²) >= 11 is 0. The summed E-state index contributed by atoms with van der Waals surface area (Å²) < 4.78 is 0. The van der Waals surface area contributed by atoms with Gasteiger partial charge in [-0.3, -0.25) is 4.79 Å². The minimum Gasteiger partial charge on any atom is -0.384 e. The van der Waals surface area contributed by atoms with Crippen LogP contribution in [0.4, 0.5) is 5.69 Å². The number of carbonyl (C=O) groups excluding carboxylic acids is 1. The molecule has 0 spiro atoms. The third kappa shape index (κ3) is 2.81. The van der Waals surface area contributed by atoms with Gasteiger partial charge in [-0.15, -0.1) is 0 Å². The minimum atomic E-state index is 0.164. The number of para-hydroxylation sites is 1. The van der Waals surface area contributed by atoms with E-state index in [1.165, 1.54) is 25.9 Å². The van der Waals surface area contributed by atoms with Crippen LogP contribution in [0.15, 0.2) is 24.3 Å². The van der Waals surface area contributed by atoms with E-state index in [0.717, 1.165) is 37.2 Å². The molecule has 0 radical (unpaired) electrons. The average molecular weight is 258 g/mol. The SMILES string of the molecule is O=C1c2ccccc2NC[C@@H]1CCCN1CCCC1. The molecule has 2 aliphatic rings. The summed E-state index contributed by atoms with van der Waals surface area (Å²) in [7, 11) is 0. The molecule has 2 aliphatic heterocycles. The van der Waals surface area contributed by atoms with E-state index >= 15 is 0 Å². The molecule has 102 valence electrons. The van der Waals surface area contributed by atoms with Crippen LogP contribution < -0.4 is 5.32 Å². The maximum Gasteiger partial charge on any atom is 0.169 e. The molecule has 1 N–H and O–H groups in total. The lowest BCUT2D eigenvalue weighted by Crippen LogP contribution is -2.30. The first-order valence-corrected chi connectivity index (χ1v) is 7.44. The third-order valence-corrected chi connectivity index (χ3v) is 4.33. The number of anilines is 1. The number of nitrogens with zero attached hydrogens (tertiary/aromatic N) is 1. The van der Waals surface area contributed by atoms with Crippen molar-refractivity contribution < 1.29 is 4.79 Å². The highest BCUT2D eigenvalue weighted by Crippen LogP contribution is 2.26. The fourth-order valence-electron chi connectivity index (χ4n) is 3.20. The molecule has 0 amide bonds. The molecule has 0 bridgehead atoms. The highest BCUT2D eigenvalue weighted by molar-refractivity contribution is 6.04. The van der Waals surface area contributed by atoms with E-state index in [-0.39, 0.29) is 5.92 Å². The highest BCUT2D eigenvalue weighted by atomic mass is 16.1. The number of hydrogen-bond acceptors (Lipinski definition) is 3. The Morgan fingerprint density at radius 1 is 1.21 bits per heavy atom. The molecule has 1 atom stereocenters. The Bertz CT molecular complexity index is 452. The zero-order valence-corrected chi connectivity index (χ0v) is 11.4. The maximum absolute atomic E-state index is 12.4. The van der Waals surface area contributed by atoms with Crippen molar-refractivity contribution in [1.82, 2.24) is 4.90 Å². The van der Waals surface area contributed by atoms with Crippen molar-refractivity contribution in [2.75, 3.05) is 31.5 Å². The fraction of sp³-hybridized carbons (Fsp3) is 0.562. The number of benzene rings is 1. The maximum atomic E-state index is 12.4. The minimum absolute atomic E-state index is 0.164. The van der Waals surface area contributed by atoms with Gasteiger partial charge >= 0.3 is 0 Å². The Morgan fingerprint density at radius 2 is 2.00 bits per heavy atom. The first-order valence-electron chi connectivity index (χ1n) is 7.44. The van der Waals surface area contributed by atoms with Crippen LogP contribution in [-0.2, 0) is 0 Å². The second-order valence-corrected chi connectivity index (χ2v) is 5.68. The van der Waals surface area contributed by atoms with Gasteiger partial charge in [0.1, 0.15) is 0 Å². The first kappa shape index (κ1) is 12.7. The quantitative estimate of drug-likeness (QED) is 0.901. The molecule has 1 aromatic rings. The Morgan fingerprint density at radius 3 is 2.84 bits per heavy atom. The Balaban J connectivity index is 1.54. The van der Waals surface area contributed by atoms with Crippen molar-refractivity contribution in [3.8, 4) is 0 Å². The molecule has 0 unspecified atom stereocenters. The molecular weight excluding hydrogens is 236 g/mol. The van der Waals surface area contributed by atoms with Crippen LogP contribution in [0.1, 0.15) is 36.0 Å². The van der Waals surface area contributed by atoms with Gasteiger partial charge in [0.15, 0.2) is 5.78 Å². The Kier molecular flexibility index (Phi) is 3.83. The van der Waals surface area contributed by atoms with E-state index in [9.17, 15) is 4.79 Å². The number of likely N-dealkylation sites (tertiary alicyclic amines) is 1. The predicted octanol–water partition coefficient (Wildman–Crippen LogP) is 2.79. The second kappa shape index (κ2) is 5.74. The van der Waals surface area contributed by atoms with Crippen LogP contribution in [0, 0.1) is 5.92 Å². The van der Waals surface area contributed by atoms with Crippen molar-refractivity contribution in [1.29, 1.82) is 0 Å². The molecule has 0 aliphatic carbocycles. The van der Waals surface area contributed by atoms with Crippen molar-refractivity contribution in [2.24, 2.45) is 5.92 Å². The molecule has 3 rings (SSSR count). The standard InChI is InChI=1S/C16H22N2O/c19-16-13(6-5-11-18-9-3-4-10-18)12-17-15-8-2-1-7-14(15)16/h1-2,7-8,13,17H,3-6,9-12H2/t13-/m0/s1. The van der Waals surface area contributed by atoms with Crippen molar-refractivity contribution in [3.05, 3.63) is 29.8 Å². The number of nitrogens with one attached hydrogen (secondary N) is 1. The second-order valence-electron chi connectivity index (χ2n) is 5.68. The number of ketones is 1. The van der Waals surface area contributed by atoms with E-state index in [0.29, 0.717) is 5.78 Å². The molecule has 1 fully saturated rings. The van der Waals surface area contributed by atoms with Gasteiger partial charge in [0.25, 0.3) is 0 Å². The van der Waals surface area contributed by atoms with Crippen LogP contribution in [0.5, 0.6) is 0 Å². The molecule has 1 aromatic carbocycles. The van der Waals surface area contributed by atoms with Crippen LogP contribution in [-0.4, -0.2) is 36.9 Å². The van der Waals surface area contributed by atoms with Gasteiger partial charge in [-0.2, -0.15) is 0 Å².